The molecule has 1 aliphatic carbocycles. The van der Waals surface area contributed by atoms with E-state index in [0.29, 0.717) is 12.0 Å². The lowest BCUT2D eigenvalue weighted by Gasteiger charge is -2.26. The molecule has 1 saturated carbocycles. The number of rotatable bonds is 3. The SMILES string of the molecule is CCc1cccc(C(=O)NC2CCC(O)CC2)c1O. The molecule has 4 heteroatoms. The zero-order valence-corrected chi connectivity index (χ0v) is 11.2. The van der Waals surface area contributed by atoms with Crippen LogP contribution in [0.2, 0.25) is 0 Å². The molecule has 0 atom stereocenters. The Morgan fingerprint density at radius 3 is 2.63 bits per heavy atom. The van der Waals surface area contributed by atoms with E-state index in [9.17, 15) is 15.0 Å². The Balaban J connectivity index is 2.04. The minimum Gasteiger partial charge on any atom is -0.507 e. The molecule has 2 rings (SSSR count). The first-order chi connectivity index (χ1) is 9.11. The quantitative estimate of drug-likeness (QED) is 0.781. The molecule has 0 aromatic heterocycles. The second-order valence-corrected chi connectivity index (χ2v) is 5.15. The molecule has 104 valence electrons. The van der Waals surface area contributed by atoms with Crippen LogP contribution in [-0.2, 0) is 6.42 Å². The molecule has 1 aliphatic rings. The third-order valence-electron chi connectivity index (χ3n) is 3.78. The lowest BCUT2D eigenvalue weighted by atomic mass is 9.93. The van der Waals surface area contributed by atoms with Crippen LogP contribution in [-0.4, -0.2) is 28.3 Å². The fourth-order valence-corrected chi connectivity index (χ4v) is 2.54. The van der Waals surface area contributed by atoms with Crippen LogP contribution >= 0.6 is 0 Å². The normalized spacial score (nSPS) is 23.1. The maximum absolute atomic E-state index is 12.1. The number of carbonyl (C=O) groups is 1. The third-order valence-corrected chi connectivity index (χ3v) is 3.78. The summed E-state index contributed by atoms with van der Waals surface area (Å²) in [4.78, 5) is 12.1. The lowest BCUT2D eigenvalue weighted by molar-refractivity contribution is 0.0865. The predicted molar refractivity (Wildman–Crippen MR) is 73.2 cm³/mol. The smallest absolute Gasteiger partial charge is 0.255 e. The van der Waals surface area contributed by atoms with E-state index in [4.69, 9.17) is 0 Å². The number of nitrogens with one attached hydrogen (secondary N) is 1. The molecule has 0 unspecified atom stereocenters. The van der Waals surface area contributed by atoms with Crippen LogP contribution in [0.3, 0.4) is 0 Å². The number of para-hydroxylation sites is 1. The molecule has 19 heavy (non-hydrogen) atoms. The molecule has 4 nitrogen and oxygen atoms in total. The summed E-state index contributed by atoms with van der Waals surface area (Å²) in [5, 5.41) is 22.4. The van der Waals surface area contributed by atoms with Gasteiger partial charge in [-0.05, 0) is 43.7 Å². The molecule has 0 spiro atoms. The first-order valence-corrected chi connectivity index (χ1v) is 6.91. The number of phenolic OH excluding ortho intramolecular Hbond substituents is 1. The number of phenols is 1. The van der Waals surface area contributed by atoms with E-state index in [1.165, 1.54) is 0 Å². The third kappa shape index (κ3) is 3.26. The van der Waals surface area contributed by atoms with Gasteiger partial charge in [-0.2, -0.15) is 0 Å². The van der Waals surface area contributed by atoms with Gasteiger partial charge in [-0.25, -0.2) is 0 Å². The van der Waals surface area contributed by atoms with Crippen molar-refractivity contribution in [3.63, 3.8) is 0 Å². The van der Waals surface area contributed by atoms with Crippen molar-refractivity contribution < 1.29 is 15.0 Å². The monoisotopic (exact) mass is 263 g/mol. The highest BCUT2D eigenvalue weighted by Crippen LogP contribution is 2.24. The largest absolute Gasteiger partial charge is 0.507 e. The average molecular weight is 263 g/mol. The summed E-state index contributed by atoms with van der Waals surface area (Å²) in [6.07, 6.45) is 3.51. The highest BCUT2D eigenvalue weighted by atomic mass is 16.3. The van der Waals surface area contributed by atoms with Crippen LogP contribution in [0.1, 0.15) is 48.5 Å². The number of aromatic hydroxyl groups is 1. The fourth-order valence-electron chi connectivity index (χ4n) is 2.54. The van der Waals surface area contributed by atoms with Crippen LogP contribution in [0.25, 0.3) is 0 Å². The van der Waals surface area contributed by atoms with Crippen molar-refractivity contribution in [1.29, 1.82) is 0 Å². The summed E-state index contributed by atoms with van der Waals surface area (Å²) >= 11 is 0. The molecule has 1 fully saturated rings. The first kappa shape index (κ1) is 13.9. The number of hydrogen-bond donors (Lipinski definition) is 3. The molecule has 1 aromatic carbocycles. The van der Waals surface area contributed by atoms with E-state index >= 15 is 0 Å². The molecule has 0 aliphatic heterocycles. The summed E-state index contributed by atoms with van der Waals surface area (Å²) in [6, 6.07) is 5.35. The van der Waals surface area contributed by atoms with Crippen molar-refractivity contribution in [3.05, 3.63) is 29.3 Å². The predicted octanol–water partition coefficient (Wildman–Crippen LogP) is 1.99. The van der Waals surface area contributed by atoms with Gasteiger partial charge in [-0.1, -0.05) is 19.1 Å². The summed E-state index contributed by atoms with van der Waals surface area (Å²) < 4.78 is 0. The summed E-state index contributed by atoms with van der Waals surface area (Å²) in [5.74, 6) is -0.146. The van der Waals surface area contributed by atoms with Crippen LogP contribution in [0.4, 0.5) is 0 Å². The topological polar surface area (TPSA) is 69.6 Å². The summed E-state index contributed by atoms with van der Waals surface area (Å²) in [5.41, 5.74) is 1.12. The molecule has 0 radical (unpaired) electrons. The lowest BCUT2D eigenvalue weighted by Crippen LogP contribution is -2.38. The van der Waals surface area contributed by atoms with Gasteiger partial charge in [0.1, 0.15) is 5.75 Å². The van der Waals surface area contributed by atoms with Crippen molar-refractivity contribution >= 4 is 5.91 Å². The van der Waals surface area contributed by atoms with Gasteiger partial charge in [0, 0.05) is 6.04 Å². The maximum atomic E-state index is 12.1. The van der Waals surface area contributed by atoms with Crippen molar-refractivity contribution in [2.75, 3.05) is 0 Å². The van der Waals surface area contributed by atoms with Gasteiger partial charge in [0.05, 0.1) is 11.7 Å². The van der Waals surface area contributed by atoms with Crippen LogP contribution in [0.5, 0.6) is 5.75 Å². The average Bonchev–Trinajstić information content (AvgIpc) is 2.41. The van der Waals surface area contributed by atoms with Gasteiger partial charge < -0.3 is 15.5 Å². The van der Waals surface area contributed by atoms with Crippen molar-refractivity contribution in [1.82, 2.24) is 5.32 Å². The molecular weight excluding hydrogens is 242 g/mol. The summed E-state index contributed by atoms with van der Waals surface area (Å²) in [6.45, 7) is 1.94. The van der Waals surface area contributed by atoms with Gasteiger partial charge in [0.15, 0.2) is 0 Å². The standard InChI is InChI=1S/C15H21NO3/c1-2-10-4-3-5-13(14(10)18)15(19)16-11-6-8-12(17)9-7-11/h3-5,11-12,17-18H,2,6-9H2,1H3,(H,16,19). The van der Waals surface area contributed by atoms with E-state index in [1.807, 2.05) is 13.0 Å². The van der Waals surface area contributed by atoms with E-state index in [1.54, 1.807) is 12.1 Å². The Morgan fingerprint density at radius 2 is 2.00 bits per heavy atom. The number of aliphatic hydroxyl groups excluding tert-OH is 1. The minimum atomic E-state index is -0.232. The maximum Gasteiger partial charge on any atom is 0.255 e. The Morgan fingerprint density at radius 1 is 1.32 bits per heavy atom. The molecule has 0 bridgehead atoms. The van der Waals surface area contributed by atoms with E-state index < -0.39 is 0 Å². The van der Waals surface area contributed by atoms with Gasteiger partial charge >= 0.3 is 0 Å². The number of benzene rings is 1. The fraction of sp³-hybridized carbons (Fsp3) is 0.533. The zero-order valence-electron chi connectivity index (χ0n) is 11.2. The molecule has 0 heterocycles. The molecular formula is C15H21NO3. The number of aliphatic hydroxyl groups is 1. The molecule has 1 aromatic rings. The van der Waals surface area contributed by atoms with E-state index in [-0.39, 0.29) is 23.8 Å². The van der Waals surface area contributed by atoms with Crippen molar-refractivity contribution in [3.8, 4) is 5.75 Å². The molecule has 3 N–H and O–H groups in total. The van der Waals surface area contributed by atoms with Gasteiger partial charge in [-0.3, -0.25) is 4.79 Å². The zero-order chi connectivity index (χ0) is 13.8. The Hall–Kier alpha value is -1.55. The second-order valence-electron chi connectivity index (χ2n) is 5.15. The summed E-state index contributed by atoms with van der Waals surface area (Å²) in [7, 11) is 0. The highest BCUT2D eigenvalue weighted by molar-refractivity contribution is 5.97. The number of hydrogen-bond acceptors (Lipinski definition) is 3. The number of carbonyl (C=O) groups excluding carboxylic acids is 1. The molecule has 0 saturated heterocycles. The number of amides is 1. The van der Waals surface area contributed by atoms with Crippen LogP contribution in [0.15, 0.2) is 18.2 Å². The first-order valence-electron chi connectivity index (χ1n) is 6.91. The van der Waals surface area contributed by atoms with Gasteiger partial charge in [0.2, 0.25) is 0 Å². The Kier molecular flexibility index (Phi) is 4.43. The van der Waals surface area contributed by atoms with Crippen LogP contribution < -0.4 is 5.32 Å². The molecule has 1 amide bonds. The van der Waals surface area contributed by atoms with Crippen LogP contribution in [0, 0.1) is 0 Å². The number of aryl methyl sites for hydroxylation is 1. The second kappa shape index (κ2) is 6.06. The Bertz CT molecular complexity index is 451. The highest BCUT2D eigenvalue weighted by Gasteiger charge is 2.22. The minimum absolute atomic E-state index is 0.0818. The van der Waals surface area contributed by atoms with Gasteiger partial charge in [0.25, 0.3) is 5.91 Å². The Labute approximate surface area is 113 Å². The van der Waals surface area contributed by atoms with Gasteiger partial charge in [-0.15, -0.1) is 0 Å². The van der Waals surface area contributed by atoms with Crippen molar-refractivity contribution in [2.45, 2.75) is 51.2 Å². The van der Waals surface area contributed by atoms with Crippen molar-refractivity contribution in [2.24, 2.45) is 0 Å². The van der Waals surface area contributed by atoms with E-state index in [0.717, 1.165) is 31.2 Å². The van der Waals surface area contributed by atoms with E-state index in [2.05, 4.69) is 5.32 Å².